The van der Waals surface area contributed by atoms with Crippen molar-refractivity contribution in [1.82, 2.24) is 4.90 Å². The number of benzene rings is 1. The summed E-state index contributed by atoms with van der Waals surface area (Å²) in [7, 11) is 1.78. The maximum Gasteiger partial charge on any atom is 0.337 e. The van der Waals surface area contributed by atoms with E-state index in [-0.39, 0.29) is 17.6 Å². The maximum atomic E-state index is 12.3. The molecule has 21 heavy (non-hydrogen) atoms. The molecule has 2 N–H and O–H groups in total. The highest BCUT2D eigenvalue weighted by molar-refractivity contribution is 6.00. The van der Waals surface area contributed by atoms with Crippen LogP contribution in [0, 0.1) is 6.92 Å². The summed E-state index contributed by atoms with van der Waals surface area (Å²) in [4.78, 5) is 25.3. The molecule has 0 spiro atoms. The van der Waals surface area contributed by atoms with E-state index in [2.05, 4.69) is 5.32 Å². The highest BCUT2D eigenvalue weighted by Crippen LogP contribution is 2.23. The molecule has 1 aromatic carbocycles. The monoisotopic (exact) mass is 290 g/mol. The van der Waals surface area contributed by atoms with Gasteiger partial charge in [-0.15, -0.1) is 0 Å². The van der Waals surface area contributed by atoms with Gasteiger partial charge < -0.3 is 15.3 Å². The molecule has 0 aromatic heterocycles. The zero-order valence-electron chi connectivity index (χ0n) is 12.6. The highest BCUT2D eigenvalue weighted by atomic mass is 16.4. The fraction of sp³-hybridized carbons (Fsp3) is 0.500. The summed E-state index contributed by atoms with van der Waals surface area (Å²) < 4.78 is 0. The van der Waals surface area contributed by atoms with Crippen LogP contribution in [0.4, 0.5) is 10.5 Å². The van der Waals surface area contributed by atoms with Crippen molar-refractivity contribution in [3.8, 4) is 0 Å². The molecular weight excluding hydrogens is 268 g/mol. The van der Waals surface area contributed by atoms with Crippen LogP contribution >= 0.6 is 0 Å². The minimum absolute atomic E-state index is 0.125. The number of nitrogens with one attached hydrogen (secondary N) is 1. The second kappa shape index (κ2) is 6.61. The van der Waals surface area contributed by atoms with Crippen LogP contribution in [0.1, 0.15) is 48.0 Å². The summed E-state index contributed by atoms with van der Waals surface area (Å²) >= 11 is 0. The van der Waals surface area contributed by atoms with Crippen LogP contribution in [0.3, 0.4) is 0 Å². The number of urea groups is 1. The van der Waals surface area contributed by atoms with Gasteiger partial charge in [-0.2, -0.15) is 0 Å². The van der Waals surface area contributed by atoms with Crippen molar-refractivity contribution in [2.45, 2.75) is 45.1 Å². The van der Waals surface area contributed by atoms with Crippen LogP contribution in [-0.4, -0.2) is 35.1 Å². The van der Waals surface area contributed by atoms with E-state index < -0.39 is 5.97 Å². The molecule has 5 heteroatoms. The van der Waals surface area contributed by atoms with Gasteiger partial charge in [-0.25, -0.2) is 9.59 Å². The first kappa shape index (κ1) is 15.4. The predicted molar refractivity (Wildman–Crippen MR) is 81.8 cm³/mol. The van der Waals surface area contributed by atoms with Gasteiger partial charge in [-0.3, -0.25) is 0 Å². The third-order valence-corrected chi connectivity index (χ3v) is 4.09. The third kappa shape index (κ3) is 3.74. The van der Waals surface area contributed by atoms with Crippen LogP contribution in [0.2, 0.25) is 0 Å². The molecular formula is C16H22N2O3. The molecule has 0 atom stereocenters. The Labute approximate surface area is 125 Å². The maximum absolute atomic E-state index is 12.3. The minimum atomic E-state index is -1.03. The third-order valence-electron chi connectivity index (χ3n) is 4.09. The van der Waals surface area contributed by atoms with E-state index >= 15 is 0 Å². The molecule has 1 aliphatic carbocycles. The van der Waals surface area contributed by atoms with E-state index in [1.807, 2.05) is 6.92 Å². The Bertz CT molecular complexity index is 536. The Balaban J connectivity index is 2.10. The first-order valence-electron chi connectivity index (χ1n) is 7.37. The molecule has 0 heterocycles. The number of hydrogen-bond acceptors (Lipinski definition) is 2. The van der Waals surface area contributed by atoms with Gasteiger partial charge in [0.2, 0.25) is 0 Å². The zero-order chi connectivity index (χ0) is 15.4. The van der Waals surface area contributed by atoms with Crippen LogP contribution in [0.25, 0.3) is 0 Å². The lowest BCUT2D eigenvalue weighted by atomic mass is 9.95. The smallest absolute Gasteiger partial charge is 0.337 e. The van der Waals surface area contributed by atoms with Crippen LogP contribution in [-0.2, 0) is 0 Å². The fourth-order valence-corrected chi connectivity index (χ4v) is 2.78. The average Bonchev–Trinajstić information content (AvgIpc) is 2.49. The summed E-state index contributed by atoms with van der Waals surface area (Å²) in [6.45, 7) is 1.83. The SMILES string of the molecule is Cc1ccc(NC(=O)N(C)C2CCCCC2)c(C(=O)O)c1. The molecule has 0 unspecified atom stereocenters. The number of carbonyl (C=O) groups is 2. The second-order valence-corrected chi connectivity index (χ2v) is 5.69. The van der Waals surface area contributed by atoms with Crippen molar-refractivity contribution < 1.29 is 14.7 Å². The average molecular weight is 290 g/mol. The Hall–Kier alpha value is -2.04. The topological polar surface area (TPSA) is 69.6 Å². The quantitative estimate of drug-likeness (QED) is 0.895. The molecule has 0 radical (unpaired) electrons. The number of carbonyl (C=O) groups excluding carboxylic acids is 1. The largest absolute Gasteiger partial charge is 0.478 e. The van der Waals surface area contributed by atoms with Crippen LogP contribution in [0.5, 0.6) is 0 Å². The van der Waals surface area contributed by atoms with Gasteiger partial charge in [-0.1, -0.05) is 30.9 Å². The Morgan fingerprint density at radius 2 is 1.90 bits per heavy atom. The number of rotatable bonds is 3. The summed E-state index contributed by atoms with van der Waals surface area (Å²) in [5.41, 5.74) is 1.33. The van der Waals surface area contributed by atoms with E-state index in [0.29, 0.717) is 5.69 Å². The number of aromatic carboxylic acids is 1. The lowest BCUT2D eigenvalue weighted by Crippen LogP contribution is -2.41. The summed E-state index contributed by atoms with van der Waals surface area (Å²) in [5.74, 6) is -1.03. The summed E-state index contributed by atoms with van der Waals surface area (Å²) in [5, 5.41) is 11.9. The van der Waals surface area contributed by atoms with Crippen molar-refractivity contribution in [2.75, 3.05) is 12.4 Å². The highest BCUT2D eigenvalue weighted by Gasteiger charge is 2.23. The van der Waals surface area contributed by atoms with Crippen molar-refractivity contribution in [1.29, 1.82) is 0 Å². The molecule has 5 nitrogen and oxygen atoms in total. The Morgan fingerprint density at radius 3 is 2.52 bits per heavy atom. The molecule has 0 aliphatic heterocycles. The lowest BCUT2D eigenvalue weighted by Gasteiger charge is -2.31. The van der Waals surface area contributed by atoms with Gasteiger partial charge in [-0.05, 0) is 31.9 Å². The van der Waals surface area contributed by atoms with E-state index in [4.69, 9.17) is 0 Å². The zero-order valence-corrected chi connectivity index (χ0v) is 12.6. The van der Waals surface area contributed by atoms with E-state index in [1.165, 1.54) is 6.42 Å². The summed E-state index contributed by atoms with van der Waals surface area (Å²) in [6.07, 6.45) is 5.56. The summed E-state index contributed by atoms with van der Waals surface area (Å²) in [6, 6.07) is 5.01. The second-order valence-electron chi connectivity index (χ2n) is 5.69. The lowest BCUT2D eigenvalue weighted by molar-refractivity contribution is 0.0698. The normalized spacial score (nSPS) is 15.5. The standard InChI is InChI=1S/C16H22N2O3/c1-11-8-9-14(13(10-11)15(19)20)17-16(21)18(2)12-6-4-3-5-7-12/h8-10,12H,3-7H2,1-2H3,(H,17,21)(H,19,20). The Morgan fingerprint density at radius 1 is 1.24 bits per heavy atom. The minimum Gasteiger partial charge on any atom is -0.478 e. The number of nitrogens with zero attached hydrogens (tertiary/aromatic N) is 1. The van der Waals surface area contributed by atoms with Crippen molar-refractivity contribution in [2.24, 2.45) is 0 Å². The van der Waals surface area contributed by atoms with Gasteiger partial charge in [0, 0.05) is 13.1 Å². The molecule has 1 saturated carbocycles. The van der Waals surface area contributed by atoms with E-state index in [1.54, 1.807) is 30.1 Å². The van der Waals surface area contributed by atoms with Gasteiger partial charge in [0.05, 0.1) is 11.3 Å². The fourth-order valence-electron chi connectivity index (χ4n) is 2.78. The van der Waals surface area contributed by atoms with E-state index in [0.717, 1.165) is 31.2 Å². The Kier molecular flexibility index (Phi) is 4.83. The first-order valence-corrected chi connectivity index (χ1v) is 7.37. The number of anilines is 1. The molecule has 0 bridgehead atoms. The van der Waals surface area contributed by atoms with Gasteiger partial charge in [0.15, 0.2) is 0 Å². The molecule has 114 valence electrons. The number of carboxylic acids is 1. The van der Waals surface area contributed by atoms with Gasteiger partial charge >= 0.3 is 12.0 Å². The van der Waals surface area contributed by atoms with Crippen molar-refractivity contribution in [3.05, 3.63) is 29.3 Å². The molecule has 1 fully saturated rings. The van der Waals surface area contributed by atoms with E-state index in [9.17, 15) is 14.7 Å². The van der Waals surface area contributed by atoms with Gasteiger partial charge in [0.1, 0.15) is 0 Å². The predicted octanol–water partition coefficient (Wildman–Crippen LogP) is 3.49. The van der Waals surface area contributed by atoms with Crippen molar-refractivity contribution in [3.63, 3.8) is 0 Å². The molecule has 1 aromatic rings. The first-order chi connectivity index (χ1) is 9.99. The molecule has 2 amide bonds. The number of amides is 2. The number of hydrogen-bond donors (Lipinski definition) is 2. The van der Waals surface area contributed by atoms with Crippen LogP contribution < -0.4 is 5.32 Å². The number of aryl methyl sites for hydroxylation is 1. The molecule has 2 rings (SSSR count). The van der Waals surface area contributed by atoms with Crippen molar-refractivity contribution >= 4 is 17.7 Å². The molecule has 0 saturated heterocycles. The van der Waals surface area contributed by atoms with Crippen LogP contribution in [0.15, 0.2) is 18.2 Å². The van der Waals surface area contributed by atoms with Gasteiger partial charge in [0.25, 0.3) is 0 Å². The number of carboxylic acid groups (broad SMARTS) is 1. The molecule has 1 aliphatic rings.